The number of hydrogen-bond donors (Lipinski definition) is 0. The van der Waals surface area contributed by atoms with Crippen molar-refractivity contribution in [3.05, 3.63) is 46.7 Å². The highest BCUT2D eigenvalue weighted by Gasteiger charge is 2.36. The summed E-state index contributed by atoms with van der Waals surface area (Å²) in [6, 6.07) is 5.14. The number of rotatable bonds is 8. The molecular weight excluding hydrogens is 417 g/mol. The number of thioether (sulfide) groups is 2. The molecule has 0 aliphatic rings. The van der Waals surface area contributed by atoms with Gasteiger partial charge in [-0.2, -0.15) is 24.9 Å². The van der Waals surface area contributed by atoms with Gasteiger partial charge in [0, 0.05) is 33.6 Å². The van der Waals surface area contributed by atoms with E-state index in [1.165, 1.54) is 18.7 Å². The molecule has 0 aliphatic heterocycles. The van der Waals surface area contributed by atoms with E-state index >= 15 is 0 Å². The number of carbonyl (C=O) groups excluding carboxylic acids is 1. The zero-order valence-corrected chi connectivity index (χ0v) is 16.9. The van der Waals surface area contributed by atoms with E-state index in [-0.39, 0.29) is 5.56 Å². The van der Waals surface area contributed by atoms with Crippen LogP contribution in [0, 0.1) is 11.6 Å². The summed E-state index contributed by atoms with van der Waals surface area (Å²) in [6.07, 6.45) is -3.43. The number of halogens is 3. The lowest BCUT2D eigenvalue weighted by molar-refractivity contribution is -0.139. The molecule has 0 saturated carbocycles. The van der Waals surface area contributed by atoms with Crippen molar-refractivity contribution in [3.8, 4) is 0 Å². The number of alkyl halides is 3. The van der Waals surface area contributed by atoms with Gasteiger partial charge in [0.15, 0.2) is 0 Å². The summed E-state index contributed by atoms with van der Waals surface area (Å²) in [5.41, 5.74) is -0.473. The van der Waals surface area contributed by atoms with Gasteiger partial charge >= 0.3 is 12.1 Å². The van der Waals surface area contributed by atoms with E-state index in [4.69, 9.17) is 21.4 Å². The molecule has 2 rings (SSSR count). The maximum atomic E-state index is 13.2. The van der Waals surface area contributed by atoms with Gasteiger partial charge in [0.1, 0.15) is 17.8 Å². The number of esters is 1. The first-order valence-electron chi connectivity index (χ1n) is 7.88. The van der Waals surface area contributed by atoms with Crippen molar-refractivity contribution in [1.29, 1.82) is 0 Å². The van der Waals surface area contributed by atoms with Crippen molar-refractivity contribution in [2.75, 3.05) is 23.9 Å². The lowest BCUT2D eigenvalue weighted by Crippen LogP contribution is -2.08. The highest BCUT2D eigenvalue weighted by atomic mass is 32.2. The number of benzene rings is 1. The molecule has 146 valence electrons. The summed E-state index contributed by atoms with van der Waals surface area (Å²) in [6.45, 7) is 5.04. The summed E-state index contributed by atoms with van der Waals surface area (Å²) in [5, 5.41) is 0.407. The third-order valence-electron chi connectivity index (χ3n) is 3.56. The maximum absolute atomic E-state index is 13.2. The Morgan fingerprint density at radius 3 is 2.74 bits per heavy atom. The van der Waals surface area contributed by atoms with Crippen LogP contribution in [0.2, 0.25) is 0 Å². The first-order valence-corrected chi connectivity index (χ1v) is 10.4. The zero-order valence-electron chi connectivity index (χ0n) is 14.4. The van der Waals surface area contributed by atoms with E-state index in [0.717, 1.165) is 22.5 Å². The molecule has 0 unspecified atom stereocenters. The largest absolute Gasteiger partial charge is 0.462 e. The Morgan fingerprint density at radius 2 is 2.07 bits per heavy atom. The van der Waals surface area contributed by atoms with Crippen LogP contribution in [-0.4, -0.2) is 29.8 Å². The number of carbonyl (C=O) groups is 1. The minimum Gasteiger partial charge on any atom is -0.462 e. The molecule has 2 aromatic rings. The second kappa shape index (κ2) is 9.66. The van der Waals surface area contributed by atoms with Crippen LogP contribution in [0.3, 0.4) is 0 Å². The van der Waals surface area contributed by atoms with Crippen LogP contribution in [0.25, 0.3) is 11.0 Å². The van der Waals surface area contributed by atoms with E-state index in [0.29, 0.717) is 23.3 Å². The minimum atomic E-state index is -4.55. The summed E-state index contributed by atoms with van der Waals surface area (Å²) >= 11 is 7.92. The first-order chi connectivity index (χ1) is 12.7. The molecule has 0 bridgehead atoms. The lowest BCUT2D eigenvalue weighted by Gasteiger charge is -2.12. The Morgan fingerprint density at radius 1 is 1.33 bits per heavy atom. The van der Waals surface area contributed by atoms with E-state index in [1.54, 1.807) is 30.0 Å². The zero-order chi connectivity index (χ0) is 20.0. The van der Waals surface area contributed by atoms with Gasteiger partial charge in [-0.1, -0.05) is 6.58 Å². The second-order valence-electron chi connectivity index (χ2n) is 5.38. The van der Waals surface area contributed by atoms with Crippen molar-refractivity contribution < 1.29 is 27.1 Å². The van der Waals surface area contributed by atoms with E-state index in [1.807, 2.05) is 0 Å². The Balaban J connectivity index is 1.99. The number of hydrogen-bond acceptors (Lipinski definition) is 6. The molecule has 0 amide bonds. The molecular formula is C18H17F3O3S3. The predicted octanol–water partition coefficient (Wildman–Crippen LogP) is 6.04. The lowest BCUT2D eigenvalue weighted by atomic mass is 10.1. The third-order valence-corrected chi connectivity index (χ3v) is 6.04. The van der Waals surface area contributed by atoms with Gasteiger partial charge in [-0.25, -0.2) is 4.79 Å². The predicted molar refractivity (Wildman–Crippen MR) is 106 cm³/mol. The van der Waals surface area contributed by atoms with Crippen LogP contribution in [0.5, 0.6) is 0 Å². The van der Waals surface area contributed by atoms with Crippen molar-refractivity contribution in [2.24, 2.45) is 0 Å². The van der Waals surface area contributed by atoms with Gasteiger partial charge in [0.2, 0.25) is 4.71 Å². The van der Waals surface area contributed by atoms with Crippen LogP contribution in [0.15, 0.2) is 40.2 Å². The van der Waals surface area contributed by atoms with Gasteiger partial charge in [-0.05, 0) is 42.9 Å². The van der Waals surface area contributed by atoms with E-state index in [9.17, 15) is 18.0 Å². The number of ether oxygens (including phenoxy) is 1. The van der Waals surface area contributed by atoms with Crippen LogP contribution in [0.1, 0.15) is 11.1 Å². The average molecular weight is 435 g/mol. The quantitative estimate of drug-likeness (QED) is 0.166. The molecule has 0 N–H and O–H groups in total. The average Bonchev–Trinajstić information content (AvgIpc) is 2.59. The van der Waals surface area contributed by atoms with Crippen molar-refractivity contribution in [1.82, 2.24) is 0 Å². The van der Waals surface area contributed by atoms with Gasteiger partial charge in [-0.3, -0.25) is 0 Å². The topological polar surface area (TPSA) is 39.4 Å². The van der Waals surface area contributed by atoms with Crippen LogP contribution in [-0.2, 0) is 15.7 Å². The highest BCUT2D eigenvalue weighted by Crippen LogP contribution is 2.37. The van der Waals surface area contributed by atoms with Gasteiger partial charge in [-0.15, -0.1) is 11.8 Å². The fourth-order valence-corrected chi connectivity index (χ4v) is 4.50. The molecule has 0 aliphatic carbocycles. The number of fused-ring (bicyclic) bond motifs is 1. The molecule has 0 atom stereocenters. The normalized spacial score (nSPS) is 11.6. The van der Waals surface area contributed by atoms with Crippen molar-refractivity contribution >= 4 is 52.7 Å². The molecule has 0 radical (unpaired) electrons. The molecule has 9 heteroatoms. The van der Waals surface area contributed by atoms with E-state index in [2.05, 4.69) is 6.58 Å². The Hall–Kier alpha value is -1.45. The van der Waals surface area contributed by atoms with Crippen LogP contribution < -0.4 is 0 Å². The molecule has 0 fully saturated rings. The fraction of sp³-hybridized carbons (Fsp3) is 0.333. The molecule has 1 aromatic heterocycles. The molecule has 3 nitrogen and oxygen atoms in total. The molecule has 0 saturated heterocycles. The first kappa shape index (κ1) is 21.8. The monoisotopic (exact) mass is 434 g/mol. The Labute approximate surface area is 168 Å². The smallest absolute Gasteiger partial charge is 0.421 e. The van der Waals surface area contributed by atoms with Gasteiger partial charge < -0.3 is 9.15 Å². The SMILES string of the molecule is C=CC(=O)OCCSCCSc1ccc2oc(=S)c(C(F)(F)F)c(C)c2c1. The number of aryl methyl sites for hydroxylation is 1. The van der Waals surface area contributed by atoms with Crippen LogP contribution >= 0.6 is 35.7 Å². The highest BCUT2D eigenvalue weighted by molar-refractivity contribution is 8.03. The summed E-state index contributed by atoms with van der Waals surface area (Å²) in [5.74, 6) is 1.82. The van der Waals surface area contributed by atoms with E-state index < -0.39 is 22.4 Å². The van der Waals surface area contributed by atoms with Crippen molar-refractivity contribution in [3.63, 3.8) is 0 Å². The third kappa shape index (κ3) is 6.02. The standard InChI is InChI=1S/C18H17F3O3S3/c1-3-15(22)23-6-7-26-8-9-27-12-4-5-14-13(10-12)11(2)16(17(25)24-14)18(19,20)21/h3-5,10H,1,6-9H2,2H3. The van der Waals surface area contributed by atoms with Crippen molar-refractivity contribution in [2.45, 2.75) is 18.0 Å². The van der Waals surface area contributed by atoms with Gasteiger partial charge in [0.05, 0.1) is 0 Å². The summed E-state index contributed by atoms with van der Waals surface area (Å²) < 4.78 is 49.1. The summed E-state index contributed by atoms with van der Waals surface area (Å²) in [4.78, 5) is 11.7. The molecule has 1 aromatic carbocycles. The Kier molecular flexibility index (Phi) is 7.81. The minimum absolute atomic E-state index is 0.0783. The Bertz CT molecular complexity index is 891. The maximum Gasteiger partial charge on any atom is 0.421 e. The molecule has 0 spiro atoms. The van der Waals surface area contributed by atoms with Crippen LogP contribution in [0.4, 0.5) is 13.2 Å². The molecule has 27 heavy (non-hydrogen) atoms. The summed E-state index contributed by atoms with van der Waals surface area (Å²) in [7, 11) is 0. The van der Waals surface area contributed by atoms with Gasteiger partial charge in [0.25, 0.3) is 0 Å². The fourth-order valence-electron chi connectivity index (χ4n) is 2.33. The second-order valence-corrected chi connectivity index (χ2v) is 8.14. The molecule has 1 heterocycles.